The van der Waals surface area contributed by atoms with E-state index in [1.54, 1.807) is 19.0 Å². The Balaban J connectivity index is 1.36. The number of likely N-dealkylation sites (N-methyl/N-ethyl adjacent to an activating group) is 1. The Kier molecular flexibility index (Phi) is 6.74. The highest BCUT2D eigenvalue weighted by molar-refractivity contribution is 5.98. The number of aromatic amines is 1. The van der Waals surface area contributed by atoms with E-state index in [-0.39, 0.29) is 12.0 Å². The number of hydrogen-bond donors (Lipinski definition) is 2. The van der Waals surface area contributed by atoms with Gasteiger partial charge in [0.05, 0.1) is 17.5 Å². The number of aliphatic hydroxyl groups is 1. The topological polar surface area (TPSA) is 78.9 Å². The normalized spacial score (nSPS) is 18.2. The third kappa shape index (κ3) is 4.97. The second-order valence-corrected chi connectivity index (χ2v) is 11.0. The van der Waals surface area contributed by atoms with Crippen molar-refractivity contribution < 1.29 is 9.90 Å². The van der Waals surface area contributed by atoms with Gasteiger partial charge in [0, 0.05) is 87.8 Å². The predicted octanol–water partition coefficient (Wildman–Crippen LogP) is 3.92. The van der Waals surface area contributed by atoms with Crippen molar-refractivity contribution in [3.63, 3.8) is 0 Å². The molecule has 1 amide bonds. The highest BCUT2D eigenvalue weighted by atomic mass is 16.3. The Morgan fingerprint density at radius 1 is 0.923 bits per heavy atom. The number of carbonyl (C=O) groups is 1. The van der Waals surface area contributed by atoms with Crippen molar-refractivity contribution in [3.05, 3.63) is 66.5 Å². The lowest BCUT2D eigenvalue weighted by atomic mass is 10.00. The minimum absolute atomic E-state index is 0.00854. The van der Waals surface area contributed by atoms with E-state index in [0.717, 1.165) is 72.4 Å². The van der Waals surface area contributed by atoms with Gasteiger partial charge in [-0.1, -0.05) is 18.2 Å². The van der Waals surface area contributed by atoms with E-state index in [1.165, 1.54) is 11.4 Å². The molecular weight excluding hydrogens is 488 g/mol. The van der Waals surface area contributed by atoms with Gasteiger partial charge in [0.1, 0.15) is 5.65 Å². The zero-order chi connectivity index (χ0) is 27.1. The van der Waals surface area contributed by atoms with Crippen LogP contribution in [-0.2, 0) is 0 Å². The summed E-state index contributed by atoms with van der Waals surface area (Å²) in [7, 11) is 5.70. The molecule has 8 nitrogen and oxygen atoms in total. The van der Waals surface area contributed by atoms with Gasteiger partial charge in [0.2, 0.25) is 0 Å². The summed E-state index contributed by atoms with van der Waals surface area (Å²) in [6.45, 7) is 5.61. The van der Waals surface area contributed by atoms with Crippen molar-refractivity contribution >= 4 is 28.3 Å². The number of β-amino-alcohol motifs (C(OH)–C–C–N with tert-alkyl or cyclic N) is 1. The van der Waals surface area contributed by atoms with Crippen molar-refractivity contribution in [1.82, 2.24) is 19.8 Å². The number of fused-ring (bicyclic) bond motifs is 1. The molecule has 2 aliphatic heterocycles. The van der Waals surface area contributed by atoms with Gasteiger partial charge in [-0.25, -0.2) is 4.98 Å². The van der Waals surface area contributed by atoms with Crippen LogP contribution in [0.3, 0.4) is 0 Å². The van der Waals surface area contributed by atoms with Crippen molar-refractivity contribution in [2.24, 2.45) is 0 Å². The summed E-state index contributed by atoms with van der Waals surface area (Å²) >= 11 is 0. The maximum atomic E-state index is 12.3. The van der Waals surface area contributed by atoms with Crippen LogP contribution in [0.25, 0.3) is 33.3 Å². The van der Waals surface area contributed by atoms with Gasteiger partial charge >= 0.3 is 0 Å². The van der Waals surface area contributed by atoms with Crippen LogP contribution in [0, 0.1) is 0 Å². The lowest BCUT2D eigenvalue weighted by molar-refractivity contribution is 0.0827. The average molecular weight is 525 g/mol. The number of piperazine rings is 1. The molecule has 6 rings (SSSR count). The second kappa shape index (κ2) is 10.4. The molecule has 0 unspecified atom stereocenters. The molecule has 4 heterocycles. The largest absolute Gasteiger partial charge is 0.391 e. The van der Waals surface area contributed by atoms with E-state index >= 15 is 0 Å². The fourth-order valence-electron chi connectivity index (χ4n) is 5.68. The molecule has 0 saturated carbocycles. The molecule has 8 heteroatoms. The number of nitrogens with zero attached hydrogens (tertiary/aromatic N) is 5. The molecule has 2 aromatic heterocycles. The number of pyridine rings is 1. The van der Waals surface area contributed by atoms with Crippen LogP contribution in [0.5, 0.6) is 0 Å². The zero-order valence-electron chi connectivity index (χ0n) is 22.9. The zero-order valence-corrected chi connectivity index (χ0v) is 22.9. The molecule has 2 saturated heterocycles. The first-order chi connectivity index (χ1) is 18.9. The van der Waals surface area contributed by atoms with Crippen LogP contribution in [0.1, 0.15) is 16.8 Å². The summed E-state index contributed by atoms with van der Waals surface area (Å²) in [5.41, 5.74) is 8.18. The van der Waals surface area contributed by atoms with Crippen LogP contribution in [0.4, 0.5) is 11.4 Å². The Labute approximate surface area is 229 Å². The molecule has 0 bridgehead atoms. The summed E-state index contributed by atoms with van der Waals surface area (Å²) in [6, 6.07) is 16.6. The van der Waals surface area contributed by atoms with Crippen molar-refractivity contribution in [3.8, 4) is 22.3 Å². The first kappa shape index (κ1) is 25.4. The molecule has 0 radical (unpaired) electrons. The maximum absolute atomic E-state index is 12.3. The maximum Gasteiger partial charge on any atom is 0.253 e. The number of H-pyrrole nitrogens is 1. The Bertz CT molecular complexity index is 1490. The van der Waals surface area contributed by atoms with Crippen molar-refractivity contribution in [2.75, 3.05) is 70.2 Å². The lowest BCUT2D eigenvalue weighted by Crippen LogP contribution is -2.45. The van der Waals surface area contributed by atoms with Gasteiger partial charge in [-0.15, -0.1) is 0 Å². The summed E-state index contributed by atoms with van der Waals surface area (Å²) in [5.74, 6) is -0.00854. The van der Waals surface area contributed by atoms with Gasteiger partial charge < -0.3 is 29.7 Å². The van der Waals surface area contributed by atoms with E-state index in [1.807, 2.05) is 36.7 Å². The standard InChI is InChI=1S/C31H36N6O2/c1-34(2)31(39)22-6-4-21(5-7-22)27-19-33-30-26(27)16-24(18-32-30)23-8-9-28(36-14-12-35(3)13-15-36)29(17-23)37-11-10-25(38)20-37/h4-9,16-19,25,38H,10-15,20H2,1-3H3,(H,32,33)/t25-/m1/s1. The van der Waals surface area contributed by atoms with E-state index < -0.39 is 0 Å². The molecule has 0 aliphatic carbocycles. The Hall–Kier alpha value is -3.88. The predicted molar refractivity (Wildman–Crippen MR) is 158 cm³/mol. The average Bonchev–Trinajstić information content (AvgIpc) is 3.59. The quantitative estimate of drug-likeness (QED) is 0.412. The number of nitrogens with one attached hydrogen (secondary N) is 1. The van der Waals surface area contributed by atoms with Gasteiger partial charge in [0.25, 0.3) is 5.91 Å². The van der Waals surface area contributed by atoms with Gasteiger partial charge in [-0.2, -0.15) is 0 Å². The van der Waals surface area contributed by atoms with E-state index in [2.05, 4.69) is 51.0 Å². The number of amides is 1. The minimum Gasteiger partial charge on any atom is -0.391 e. The lowest BCUT2D eigenvalue weighted by Gasteiger charge is -2.36. The summed E-state index contributed by atoms with van der Waals surface area (Å²) < 4.78 is 0. The molecule has 1 atom stereocenters. The number of hydrogen-bond acceptors (Lipinski definition) is 6. The fourth-order valence-corrected chi connectivity index (χ4v) is 5.68. The number of benzene rings is 2. The Morgan fingerprint density at radius 3 is 2.36 bits per heavy atom. The van der Waals surface area contributed by atoms with Crippen LogP contribution in [0.15, 0.2) is 60.9 Å². The fraction of sp³-hybridized carbons (Fsp3) is 0.355. The molecule has 2 aliphatic rings. The summed E-state index contributed by atoms with van der Waals surface area (Å²) in [5, 5.41) is 11.3. The third-order valence-electron chi connectivity index (χ3n) is 8.04. The highest BCUT2D eigenvalue weighted by Gasteiger charge is 2.26. The van der Waals surface area contributed by atoms with Gasteiger partial charge in [-0.3, -0.25) is 4.79 Å². The smallest absolute Gasteiger partial charge is 0.253 e. The molecule has 4 aromatic rings. The molecular formula is C31H36N6O2. The number of aliphatic hydroxyl groups excluding tert-OH is 1. The molecule has 202 valence electrons. The number of aromatic nitrogens is 2. The first-order valence-electron chi connectivity index (χ1n) is 13.7. The van der Waals surface area contributed by atoms with Crippen LogP contribution < -0.4 is 9.80 Å². The van der Waals surface area contributed by atoms with E-state index in [9.17, 15) is 9.90 Å². The summed E-state index contributed by atoms with van der Waals surface area (Å²) in [6.07, 6.45) is 4.42. The molecule has 0 spiro atoms. The molecule has 2 fully saturated rings. The first-order valence-corrected chi connectivity index (χ1v) is 13.7. The van der Waals surface area contributed by atoms with E-state index in [0.29, 0.717) is 12.1 Å². The second-order valence-electron chi connectivity index (χ2n) is 11.0. The van der Waals surface area contributed by atoms with Crippen LogP contribution in [-0.4, -0.2) is 97.3 Å². The molecule has 2 aromatic carbocycles. The summed E-state index contributed by atoms with van der Waals surface area (Å²) in [4.78, 5) is 29.1. The van der Waals surface area contributed by atoms with Crippen LogP contribution in [0.2, 0.25) is 0 Å². The number of rotatable bonds is 5. The van der Waals surface area contributed by atoms with Crippen LogP contribution >= 0.6 is 0 Å². The van der Waals surface area contributed by atoms with Crippen molar-refractivity contribution in [1.29, 1.82) is 0 Å². The monoisotopic (exact) mass is 524 g/mol. The third-order valence-corrected chi connectivity index (χ3v) is 8.04. The number of carbonyl (C=O) groups excluding carboxylic acids is 1. The SMILES string of the molecule is CN1CCN(c2ccc(-c3cnc4[nH]cc(-c5ccc(C(=O)N(C)C)cc5)c4c3)cc2N2CC[C@@H](O)C2)CC1. The molecule has 39 heavy (non-hydrogen) atoms. The minimum atomic E-state index is -0.283. The van der Waals surface area contributed by atoms with Gasteiger partial charge in [0.15, 0.2) is 0 Å². The molecule has 2 N–H and O–H groups in total. The van der Waals surface area contributed by atoms with Crippen molar-refractivity contribution in [2.45, 2.75) is 12.5 Å². The Morgan fingerprint density at radius 2 is 1.67 bits per heavy atom. The highest BCUT2D eigenvalue weighted by Crippen LogP contribution is 2.38. The van der Waals surface area contributed by atoms with E-state index in [4.69, 9.17) is 4.98 Å². The van der Waals surface area contributed by atoms with Gasteiger partial charge in [-0.05, 0) is 54.9 Å². The number of anilines is 2.